The van der Waals surface area contributed by atoms with Crippen LogP contribution in [0.15, 0.2) is 0 Å². The predicted molar refractivity (Wildman–Crippen MR) is 47.6 cm³/mol. The summed E-state index contributed by atoms with van der Waals surface area (Å²) in [4.78, 5) is 14.5. The van der Waals surface area contributed by atoms with Crippen molar-refractivity contribution in [1.29, 1.82) is 0 Å². The molecular formula is C8H16N3O. The molecule has 0 atom stereocenters. The number of piperazine rings is 1. The molecule has 0 bridgehead atoms. The second kappa shape index (κ2) is 5.24. The summed E-state index contributed by atoms with van der Waals surface area (Å²) in [6.45, 7) is 6.14. The minimum Gasteiger partial charge on any atom is -0.329 e. The highest BCUT2D eigenvalue weighted by molar-refractivity contribution is 5.53. The molecule has 1 saturated heterocycles. The molecule has 12 heavy (non-hydrogen) atoms. The maximum atomic E-state index is 10.1. The van der Waals surface area contributed by atoms with E-state index in [0.29, 0.717) is 6.54 Å². The summed E-state index contributed by atoms with van der Waals surface area (Å²) in [5.41, 5.74) is 5.44. The van der Waals surface area contributed by atoms with Gasteiger partial charge in [0.05, 0.1) is 6.54 Å². The van der Waals surface area contributed by atoms with Crippen molar-refractivity contribution < 1.29 is 4.79 Å². The third-order valence-electron chi connectivity index (χ3n) is 2.20. The second-order valence-corrected chi connectivity index (χ2v) is 3.05. The molecule has 0 unspecified atom stereocenters. The maximum Gasteiger partial charge on any atom is 0.213 e. The van der Waals surface area contributed by atoms with Gasteiger partial charge in [0.2, 0.25) is 6.29 Å². The maximum absolute atomic E-state index is 10.1. The molecule has 0 amide bonds. The molecule has 1 heterocycles. The molecule has 1 aliphatic rings. The SMILES string of the molecule is NCCN1CCN(C[C]=O)CC1. The first-order valence-electron chi connectivity index (χ1n) is 4.36. The van der Waals surface area contributed by atoms with Crippen molar-refractivity contribution in [1.82, 2.24) is 9.80 Å². The fourth-order valence-corrected chi connectivity index (χ4v) is 1.44. The number of nitrogens with two attached hydrogens (primary N) is 1. The van der Waals surface area contributed by atoms with Crippen molar-refractivity contribution in [2.75, 3.05) is 45.8 Å². The highest BCUT2D eigenvalue weighted by Crippen LogP contribution is 1.98. The zero-order valence-corrected chi connectivity index (χ0v) is 7.33. The lowest BCUT2D eigenvalue weighted by Gasteiger charge is -2.33. The molecule has 0 aliphatic carbocycles. The molecule has 1 aliphatic heterocycles. The van der Waals surface area contributed by atoms with Crippen molar-refractivity contribution in [3.05, 3.63) is 0 Å². The standard InChI is InChI=1S/C8H16N3O/c9-1-2-10-3-5-11(6-4-10)7-8-12/h1-7,9H2. The van der Waals surface area contributed by atoms with Crippen LogP contribution in [0.25, 0.3) is 0 Å². The number of rotatable bonds is 4. The zero-order valence-electron chi connectivity index (χ0n) is 7.33. The van der Waals surface area contributed by atoms with Crippen LogP contribution in [0.3, 0.4) is 0 Å². The number of hydrogen-bond donors (Lipinski definition) is 1. The third kappa shape index (κ3) is 2.89. The fourth-order valence-electron chi connectivity index (χ4n) is 1.44. The van der Waals surface area contributed by atoms with Crippen molar-refractivity contribution >= 4 is 6.29 Å². The Hall–Kier alpha value is -0.450. The minimum atomic E-state index is 0.455. The largest absolute Gasteiger partial charge is 0.329 e. The first-order valence-corrected chi connectivity index (χ1v) is 4.36. The van der Waals surface area contributed by atoms with E-state index in [2.05, 4.69) is 9.80 Å². The first kappa shape index (κ1) is 9.64. The fraction of sp³-hybridized carbons (Fsp3) is 0.875. The molecule has 0 aromatic carbocycles. The van der Waals surface area contributed by atoms with Gasteiger partial charge in [-0.2, -0.15) is 0 Å². The van der Waals surface area contributed by atoms with Gasteiger partial charge in [-0.3, -0.25) is 14.6 Å². The van der Waals surface area contributed by atoms with Gasteiger partial charge < -0.3 is 5.73 Å². The van der Waals surface area contributed by atoms with Crippen LogP contribution in [0.5, 0.6) is 0 Å². The van der Waals surface area contributed by atoms with E-state index in [-0.39, 0.29) is 0 Å². The van der Waals surface area contributed by atoms with Crippen LogP contribution in [0, 0.1) is 0 Å². The van der Waals surface area contributed by atoms with E-state index in [1.807, 2.05) is 6.29 Å². The first-order chi connectivity index (χ1) is 5.86. The molecular weight excluding hydrogens is 154 g/mol. The molecule has 1 radical (unpaired) electrons. The number of nitrogens with zero attached hydrogens (tertiary/aromatic N) is 2. The third-order valence-corrected chi connectivity index (χ3v) is 2.20. The number of carbonyl (C=O) groups excluding carboxylic acids is 1. The average Bonchev–Trinajstić information content (AvgIpc) is 2.09. The summed E-state index contributed by atoms with van der Waals surface area (Å²) < 4.78 is 0. The van der Waals surface area contributed by atoms with Gasteiger partial charge in [0.1, 0.15) is 0 Å². The monoisotopic (exact) mass is 170 g/mol. The Morgan fingerprint density at radius 2 is 1.75 bits per heavy atom. The Morgan fingerprint density at radius 3 is 2.25 bits per heavy atom. The van der Waals surface area contributed by atoms with Crippen LogP contribution in [0.1, 0.15) is 0 Å². The van der Waals surface area contributed by atoms with E-state index in [9.17, 15) is 4.79 Å². The zero-order chi connectivity index (χ0) is 8.81. The topological polar surface area (TPSA) is 49.6 Å². The Bertz CT molecular complexity index is 132. The van der Waals surface area contributed by atoms with Gasteiger partial charge in [-0.15, -0.1) is 0 Å². The van der Waals surface area contributed by atoms with E-state index >= 15 is 0 Å². The smallest absolute Gasteiger partial charge is 0.213 e. The Labute approximate surface area is 73.3 Å². The highest BCUT2D eigenvalue weighted by Gasteiger charge is 2.14. The highest BCUT2D eigenvalue weighted by atomic mass is 16.1. The quantitative estimate of drug-likeness (QED) is 0.568. The summed E-state index contributed by atoms with van der Waals surface area (Å²) in [6.07, 6.45) is 1.92. The van der Waals surface area contributed by atoms with E-state index in [1.54, 1.807) is 0 Å². The van der Waals surface area contributed by atoms with Gasteiger partial charge in [-0.25, -0.2) is 0 Å². The van der Waals surface area contributed by atoms with Crippen LogP contribution in [0.4, 0.5) is 0 Å². The van der Waals surface area contributed by atoms with E-state index in [4.69, 9.17) is 5.73 Å². The lowest BCUT2D eigenvalue weighted by molar-refractivity contribution is 0.148. The number of hydrogen-bond acceptors (Lipinski definition) is 4. The van der Waals surface area contributed by atoms with Crippen LogP contribution in [-0.2, 0) is 4.79 Å². The minimum absolute atomic E-state index is 0.455. The Morgan fingerprint density at radius 1 is 1.17 bits per heavy atom. The van der Waals surface area contributed by atoms with Crippen LogP contribution >= 0.6 is 0 Å². The van der Waals surface area contributed by atoms with Crippen molar-refractivity contribution in [2.45, 2.75) is 0 Å². The van der Waals surface area contributed by atoms with Gasteiger partial charge >= 0.3 is 0 Å². The molecule has 0 aromatic heterocycles. The lowest BCUT2D eigenvalue weighted by Crippen LogP contribution is -2.48. The molecule has 69 valence electrons. The lowest BCUT2D eigenvalue weighted by atomic mass is 10.3. The molecule has 1 fully saturated rings. The van der Waals surface area contributed by atoms with E-state index in [1.165, 1.54) is 0 Å². The van der Waals surface area contributed by atoms with Gasteiger partial charge in [-0.05, 0) is 0 Å². The predicted octanol–water partition coefficient (Wildman–Crippen LogP) is -1.33. The van der Waals surface area contributed by atoms with Crippen molar-refractivity contribution in [3.8, 4) is 0 Å². The van der Waals surface area contributed by atoms with Gasteiger partial charge in [0.25, 0.3) is 0 Å². The molecule has 0 aromatic rings. The normalized spacial score (nSPS) is 21.1. The molecule has 0 saturated carbocycles. The van der Waals surface area contributed by atoms with E-state index < -0.39 is 0 Å². The van der Waals surface area contributed by atoms with Crippen molar-refractivity contribution in [3.63, 3.8) is 0 Å². The van der Waals surface area contributed by atoms with Crippen LogP contribution < -0.4 is 5.73 Å². The van der Waals surface area contributed by atoms with Gasteiger partial charge in [0.15, 0.2) is 0 Å². The Balaban J connectivity index is 2.15. The molecule has 4 heteroatoms. The van der Waals surface area contributed by atoms with Gasteiger partial charge in [0, 0.05) is 39.3 Å². The second-order valence-electron chi connectivity index (χ2n) is 3.05. The Kier molecular flexibility index (Phi) is 4.21. The van der Waals surface area contributed by atoms with Gasteiger partial charge in [-0.1, -0.05) is 0 Å². The summed E-state index contributed by atoms with van der Waals surface area (Å²) >= 11 is 0. The summed E-state index contributed by atoms with van der Waals surface area (Å²) in [5, 5.41) is 0. The molecule has 1 rings (SSSR count). The summed E-state index contributed by atoms with van der Waals surface area (Å²) in [7, 11) is 0. The summed E-state index contributed by atoms with van der Waals surface area (Å²) in [6, 6.07) is 0. The van der Waals surface area contributed by atoms with Crippen LogP contribution in [0.2, 0.25) is 0 Å². The van der Waals surface area contributed by atoms with Crippen LogP contribution in [-0.4, -0.2) is 61.9 Å². The molecule has 2 N–H and O–H groups in total. The van der Waals surface area contributed by atoms with Crippen molar-refractivity contribution in [2.24, 2.45) is 5.73 Å². The molecule has 0 spiro atoms. The molecule has 4 nitrogen and oxygen atoms in total. The van der Waals surface area contributed by atoms with E-state index in [0.717, 1.165) is 39.3 Å². The average molecular weight is 170 g/mol. The summed E-state index contributed by atoms with van der Waals surface area (Å²) in [5.74, 6) is 0.